The summed E-state index contributed by atoms with van der Waals surface area (Å²) in [4.78, 5) is 8.76. The fourth-order valence-electron chi connectivity index (χ4n) is 2.80. The van der Waals surface area contributed by atoms with Crippen LogP contribution in [0.25, 0.3) is 11.5 Å². The molecule has 2 N–H and O–H groups in total. The van der Waals surface area contributed by atoms with Crippen LogP contribution in [0.15, 0.2) is 70.3 Å². The van der Waals surface area contributed by atoms with Crippen molar-refractivity contribution in [3.05, 3.63) is 77.9 Å². The van der Waals surface area contributed by atoms with Crippen molar-refractivity contribution >= 4 is 5.96 Å². The van der Waals surface area contributed by atoms with Crippen molar-refractivity contribution in [2.45, 2.75) is 25.8 Å². The van der Waals surface area contributed by atoms with Gasteiger partial charge in [-0.3, -0.25) is 4.99 Å². The molecule has 0 unspecified atom stereocenters. The molecule has 3 rings (SSSR count). The van der Waals surface area contributed by atoms with Gasteiger partial charge >= 0.3 is 0 Å². The zero-order valence-corrected chi connectivity index (χ0v) is 16.4. The lowest BCUT2D eigenvalue weighted by Crippen LogP contribution is -2.43. The van der Waals surface area contributed by atoms with Crippen molar-refractivity contribution in [1.29, 1.82) is 0 Å². The molecule has 0 aliphatic carbocycles. The highest BCUT2D eigenvalue weighted by Crippen LogP contribution is 2.22. The van der Waals surface area contributed by atoms with Crippen molar-refractivity contribution < 1.29 is 8.81 Å². The highest BCUT2D eigenvalue weighted by molar-refractivity contribution is 5.79. The summed E-state index contributed by atoms with van der Waals surface area (Å²) in [5.74, 6) is 1.03. The van der Waals surface area contributed by atoms with E-state index in [1.807, 2.05) is 42.5 Å². The Morgan fingerprint density at radius 3 is 2.46 bits per heavy atom. The lowest BCUT2D eigenvalue weighted by Gasteiger charge is -2.26. The normalized spacial score (nSPS) is 12.1. The molecule has 28 heavy (non-hydrogen) atoms. The first-order valence-corrected chi connectivity index (χ1v) is 9.18. The smallest absolute Gasteiger partial charge is 0.226 e. The Labute approximate surface area is 164 Å². The Kier molecular flexibility index (Phi) is 6.09. The first-order valence-electron chi connectivity index (χ1n) is 9.18. The Morgan fingerprint density at radius 2 is 1.79 bits per heavy atom. The van der Waals surface area contributed by atoms with Crippen LogP contribution < -0.4 is 10.6 Å². The van der Waals surface area contributed by atoms with Gasteiger partial charge < -0.3 is 15.1 Å². The van der Waals surface area contributed by atoms with E-state index < -0.39 is 0 Å². The van der Waals surface area contributed by atoms with Crippen LogP contribution in [0.5, 0.6) is 0 Å². The molecular weight excluding hydrogens is 355 g/mol. The molecule has 0 amide bonds. The zero-order chi connectivity index (χ0) is 20.0. The number of rotatable bonds is 6. The summed E-state index contributed by atoms with van der Waals surface area (Å²) < 4.78 is 18.7. The van der Waals surface area contributed by atoms with Gasteiger partial charge in [-0.2, -0.15) is 0 Å². The molecule has 5 nitrogen and oxygen atoms in total. The van der Waals surface area contributed by atoms with Gasteiger partial charge in [-0.05, 0) is 29.8 Å². The van der Waals surface area contributed by atoms with Crippen LogP contribution in [0, 0.1) is 5.82 Å². The van der Waals surface area contributed by atoms with Crippen molar-refractivity contribution in [3.63, 3.8) is 0 Å². The monoisotopic (exact) mass is 380 g/mol. The maximum atomic E-state index is 13.2. The Morgan fingerprint density at radius 1 is 1.07 bits per heavy atom. The quantitative estimate of drug-likeness (QED) is 0.499. The summed E-state index contributed by atoms with van der Waals surface area (Å²) in [6.45, 7) is 5.34. The van der Waals surface area contributed by atoms with Gasteiger partial charge in [0.1, 0.15) is 12.1 Å². The Bertz CT molecular complexity index is 917. The Balaban J connectivity index is 1.55. The van der Waals surface area contributed by atoms with E-state index in [2.05, 4.69) is 34.5 Å². The van der Waals surface area contributed by atoms with E-state index in [0.717, 1.165) is 16.8 Å². The second-order valence-electron chi connectivity index (χ2n) is 7.18. The molecule has 0 aliphatic rings. The molecule has 0 fully saturated rings. The summed E-state index contributed by atoms with van der Waals surface area (Å²) in [5, 5.41) is 6.56. The van der Waals surface area contributed by atoms with E-state index in [4.69, 9.17) is 4.42 Å². The summed E-state index contributed by atoms with van der Waals surface area (Å²) in [5.41, 5.74) is 2.61. The van der Waals surface area contributed by atoms with Crippen LogP contribution in [0.4, 0.5) is 4.39 Å². The minimum Gasteiger partial charge on any atom is -0.444 e. The number of aromatic nitrogens is 1. The van der Waals surface area contributed by atoms with Gasteiger partial charge in [-0.25, -0.2) is 9.37 Å². The molecule has 0 atom stereocenters. The predicted octanol–water partition coefficient (Wildman–Crippen LogP) is 4.12. The highest BCUT2D eigenvalue weighted by atomic mass is 19.1. The number of nitrogens with one attached hydrogen (secondary N) is 2. The second kappa shape index (κ2) is 8.69. The highest BCUT2D eigenvalue weighted by Gasteiger charge is 2.21. The van der Waals surface area contributed by atoms with Gasteiger partial charge in [-0.15, -0.1) is 0 Å². The molecule has 0 bridgehead atoms. The number of aliphatic imine (C=N–C) groups is 1. The molecule has 1 aromatic heterocycles. The van der Waals surface area contributed by atoms with Crippen LogP contribution in [0.2, 0.25) is 0 Å². The van der Waals surface area contributed by atoms with Crippen LogP contribution in [0.1, 0.15) is 25.1 Å². The maximum absolute atomic E-state index is 13.2. The van der Waals surface area contributed by atoms with E-state index in [-0.39, 0.29) is 11.2 Å². The zero-order valence-electron chi connectivity index (χ0n) is 16.4. The van der Waals surface area contributed by atoms with E-state index in [1.54, 1.807) is 13.3 Å². The topological polar surface area (TPSA) is 62.5 Å². The van der Waals surface area contributed by atoms with E-state index in [0.29, 0.717) is 24.9 Å². The minimum absolute atomic E-state index is 0.181. The van der Waals surface area contributed by atoms with Gasteiger partial charge in [-0.1, -0.05) is 44.2 Å². The molecule has 0 aliphatic heterocycles. The first kappa shape index (κ1) is 19.6. The first-order chi connectivity index (χ1) is 13.5. The number of halogens is 1. The van der Waals surface area contributed by atoms with Crippen molar-refractivity contribution in [1.82, 2.24) is 15.6 Å². The van der Waals surface area contributed by atoms with Crippen molar-refractivity contribution in [3.8, 4) is 11.5 Å². The molecule has 1 heterocycles. The summed E-state index contributed by atoms with van der Waals surface area (Å²) in [6, 6.07) is 16.4. The molecule has 2 aromatic carbocycles. The molecule has 6 heteroatoms. The molecule has 0 saturated carbocycles. The lowest BCUT2D eigenvalue weighted by atomic mass is 9.84. The van der Waals surface area contributed by atoms with Gasteiger partial charge in [0.15, 0.2) is 5.96 Å². The average Bonchev–Trinajstić information content (AvgIpc) is 3.18. The fourth-order valence-corrected chi connectivity index (χ4v) is 2.80. The van der Waals surface area contributed by atoms with Gasteiger partial charge in [0.2, 0.25) is 5.89 Å². The van der Waals surface area contributed by atoms with E-state index in [1.165, 1.54) is 12.1 Å². The SMILES string of the molecule is CN=C(NCc1coc(-c2ccccc2)n1)NCC(C)(C)c1ccc(F)cc1. The number of nitrogens with zero attached hydrogens (tertiary/aromatic N) is 2. The van der Waals surface area contributed by atoms with Gasteiger partial charge in [0.05, 0.1) is 12.2 Å². The molecular formula is C22H25FN4O. The maximum Gasteiger partial charge on any atom is 0.226 e. The second-order valence-corrected chi connectivity index (χ2v) is 7.18. The Hall–Kier alpha value is -3.15. The van der Waals surface area contributed by atoms with Gasteiger partial charge in [0.25, 0.3) is 0 Å². The molecule has 0 radical (unpaired) electrons. The third kappa shape index (κ3) is 4.97. The molecule has 146 valence electrons. The van der Waals surface area contributed by atoms with Crippen LogP contribution in [0.3, 0.4) is 0 Å². The minimum atomic E-state index is -0.229. The van der Waals surface area contributed by atoms with Crippen LogP contribution in [-0.2, 0) is 12.0 Å². The third-order valence-corrected chi connectivity index (χ3v) is 4.56. The van der Waals surface area contributed by atoms with Crippen molar-refractivity contribution in [2.75, 3.05) is 13.6 Å². The summed E-state index contributed by atoms with van der Waals surface area (Å²) >= 11 is 0. The van der Waals surface area contributed by atoms with Gasteiger partial charge in [0, 0.05) is 24.6 Å². The number of guanidine groups is 1. The molecule has 0 saturated heterocycles. The average molecular weight is 380 g/mol. The summed E-state index contributed by atoms with van der Waals surface area (Å²) in [6.07, 6.45) is 1.64. The van der Waals surface area contributed by atoms with Crippen LogP contribution in [-0.4, -0.2) is 24.5 Å². The number of oxazole rings is 1. The summed E-state index contributed by atoms with van der Waals surface area (Å²) in [7, 11) is 1.72. The lowest BCUT2D eigenvalue weighted by molar-refractivity contribution is 0.506. The number of hydrogen-bond acceptors (Lipinski definition) is 3. The van der Waals surface area contributed by atoms with E-state index >= 15 is 0 Å². The van der Waals surface area contributed by atoms with Crippen molar-refractivity contribution in [2.24, 2.45) is 4.99 Å². The van der Waals surface area contributed by atoms with E-state index in [9.17, 15) is 4.39 Å². The molecule has 0 spiro atoms. The largest absolute Gasteiger partial charge is 0.444 e. The molecule has 3 aromatic rings. The number of hydrogen-bond donors (Lipinski definition) is 2. The predicted molar refractivity (Wildman–Crippen MR) is 110 cm³/mol. The fraction of sp³-hybridized carbons (Fsp3) is 0.273. The number of benzene rings is 2. The van der Waals surface area contributed by atoms with Crippen LogP contribution >= 0.6 is 0 Å². The standard InChI is InChI=1S/C22H25FN4O/c1-22(2,17-9-11-18(23)12-10-17)15-26-21(24-3)25-13-19-14-28-20(27-19)16-7-5-4-6-8-16/h4-12,14H,13,15H2,1-3H3,(H2,24,25,26). The third-order valence-electron chi connectivity index (χ3n) is 4.56.